The number of carbonyl (C=O) groups is 2. The lowest BCUT2D eigenvalue weighted by atomic mass is 9.74. The van der Waals surface area contributed by atoms with Crippen molar-refractivity contribution in [1.29, 1.82) is 0 Å². The Hall–Kier alpha value is -3.07. The predicted molar refractivity (Wildman–Crippen MR) is 184 cm³/mol. The molecule has 0 amide bonds. The first-order valence-corrected chi connectivity index (χ1v) is 17.2. The minimum absolute atomic E-state index is 0.0631. The number of cyclic esters (lactones) is 1. The molecule has 2 aliphatic rings. The van der Waals surface area contributed by atoms with Gasteiger partial charge in [0, 0.05) is 31.8 Å². The summed E-state index contributed by atoms with van der Waals surface area (Å²) in [5.41, 5.74) is -1.02. The molecule has 2 aliphatic heterocycles. The highest BCUT2D eigenvalue weighted by atomic mass is 16.7. The first-order valence-electron chi connectivity index (χ1n) is 17.2. The van der Waals surface area contributed by atoms with E-state index in [1.807, 2.05) is 76.4 Å². The van der Waals surface area contributed by atoms with Crippen molar-refractivity contribution in [3.63, 3.8) is 0 Å². The lowest BCUT2D eigenvalue weighted by Crippen LogP contribution is -2.59. The molecule has 0 aliphatic carbocycles. The number of pyridine rings is 1. The zero-order valence-electron chi connectivity index (χ0n) is 30.8. The molecule has 0 spiro atoms. The van der Waals surface area contributed by atoms with Gasteiger partial charge in [-0.05, 0) is 79.7 Å². The van der Waals surface area contributed by atoms with Gasteiger partial charge in [0.15, 0.2) is 12.1 Å². The van der Waals surface area contributed by atoms with Gasteiger partial charge in [-0.2, -0.15) is 0 Å². The topological polar surface area (TPSA) is 141 Å². The molecule has 0 unspecified atom stereocenters. The van der Waals surface area contributed by atoms with Crippen molar-refractivity contribution < 1.29 is 33.6 Å². The van der Waals surface area contributed by atoms with E-state index >= 15 is 0 Å². The highest BCUT2D eigenvalue weighted by Gasteiger charge is 2.51. The molecule has 0 aromatic carbocycles. The normalized spacial score (nSPS) is 34.0. The fraction of sp³-hybridized carbons (Fsp3) is 0.694. The van der Waals surface area contributed by atoms with E-state index in [1.165, 1.54) is 0 Å². The number of hydrogen-bond donors (Lipinski definition) is 1. The van der Waals surface area contributed by atoms with E-state index in [2.05, 4.69) is 27.1 Å². The standard InChI is InChI=1S/C36H56N6O7/c1-23-19-36(6,46-10)32(49-33-30(43)29(40(7)8)18-24(2)48-33)25(3)31(44)35(4,5)34(45)47-22-26(41(9)20-23)14-13-17-42-21-28(38-39-42)27-15-11-12-16-37-27/h11-16,21,23-26,29-30,32-33,43H,17-20,22H2,1-10H3/b14-13+/t23-,24-,25+,26-,29+,30-,32-,33+,36-/m1/s1. The zero-order valence-corrected chi connectivity index (χ0v) is 30.8. The molecule has 2 aromatic heterocycles. The van der Waals surface area contributed by atoms with Crippen LogP contribution in [0.25, 0.3) is 11.4 Å². The van der Waals surface area contributed by atoms with Crippen LogP contribution < -0.4 is 0 Å². The van der Waals surface area contributed by atoms with E-state index in [1.54, 1.807) is 38.8 Å². The first kappa shape index (κ1) is 38.7. The van der Waals surface area contributed by atoms with Crippen molar-refractivity contribution in [2.24, 2.45) is 17.3 Å². The summed E-state index contributed by atoms with van der Waals surface area (Å²) in [6.45, 7) is 12.1. The van der Waals surface area contributed by atoms with E-state index < -0.39 is 41.4 Å². The number of allylic oxidation sites excluding steroid dienone is 1. The molecule has 2 aromatic rings. The molecule has 2 fully saturated rings. The Balaban J connectivity index is 1.59. The maximum atomic E-state index is 14.2. The Bertz CT molecular complexity index is 1420. The van der Waals surface area contributed by atoms with E-state index in [0.717, 1.165) is 5.69 Å². The summed E-state index contributed by atoms with van der Waals surface area (Å²) >= 11 is 0. The number of hydrogen-bond acceptors (Lipinski definition) is 12. The maximum absolute atomic E-state index is 14.2. The molecule has 272 valence electrons. The van der Waals surface area contributed by atoms with Crippen molar-refractivity contribution in [2.75, 3.05) is 41.4 Å². The summed E-state index contributed by atoms with van der Waals surface area (Å²) in [4.78, 5) is 36.3. The number of aromatic nitrogens is 4. The monoisotopic (exact) mass is 684 g/mol. The number of rotatable bonds is 8. The van der Waals surface area contributed by atoms with Crippen molar-refractivity contribution >= 4 is 11.8 Å². The van der Waals surface area contributed by atoms with Gasteiger partial charge < -0.3 is 29.0 Å². The summed E-state index contributed by atoms with van der Waals surface area (Å²) in [5, 5.41) is 19.8. The molecule has 9 atom stereocenters. The third-order valence-corrected chi connectivity index (χ3v) is 10.0. The van der Waals surface area contributed by atoms with Gasteiger partial charge in [0.25, 0.3) is 0 Å². The van der Waals surface area contributed by atoms with Gasteiger partial charge in [-0.3, -0.25) is 19.5 Å². The lowest BCUT2D eigenvalue weighted by molar-refractivity contribution is -0.295. The predicted octanol–water partition coefficient (Wildman–Crippen LogP) is 3.23. The second-order valence-electron chi connectivity index (χ2n) is 14.8. The Morgan fingerprint density at radius 2 is 1.88 bits per heavy atom. The quantitative estimate of drug-likeness (QED) is 0.248. The van der Waals surface area contributed by atoms with Crippen LogP contribution in [0.15, 0.2) is 42.7 Å². The van der Waals surface area contributed by atoms with Gasteiger partial charge in [-0.25, -0.2) is 4.68 Å². The highest BCUT2D eigenvalue weighted by molar-refractivity contribution is 6.04. The Labute approximate surface area is 290 Å². The van der Waals surface area contributed by atoms with Gasteiger partial charge >= 0.3 is 5.97 Å². The molecule has 13 nitrogen and oxygen atoms in total. The molecule has 1 N–H and O–H groups in total. The fourth-order valence-corrected chi connectivity index (χ4v) is 7.11. The molecule has 13 heteroatoms. The van der Waals surface area contributed by atoms with E-state index in [0.29, 0.717) is 31.6 Å². The molecule has 0 radical (unpaired) electrons. The van der Waals surface area contributed by atoms with Crippen molar-refractivity contribution in [3.8, 4) is 11.4 Å². The molecule has 4 heterocycles. The van der Waals surface area contributed by atoms with Crippen LogP contribution >= 0.6 is 0 Å². The van der Waals surface area contributed by atoms with Crippen LogP contribution in [0.5, 0.6) is 0 Å². The lowest BCUT2D eigenvalue weighted by Gasteiger charge is -2.47. The molecule has 2 saturated heterocycles. The second-order valence-corrected chi connectivity index (χ2v) is 14.8. The number of Topliss-reactive ketones (excluding diaryl/α,β-unsaturated/α-hetero) is 1. The number of aliphatic hydroxyl groups is 1. The van der Waals surface area contributed by atoms with Crippen LogP contribution in [-0.4, -0.2) is 130 Å². The summed E-state index contributed by atoms with van der Waals surface area (Å²) in [6, 6.07) is 5.17. The third kappa shape index (κ3) is 9.19. The SMILES string of the molecule is CO[C@]1(C)C[C@@H](C)CN(C)[C@H](/C=C/Cn2cc(-c3ccccn3)nn2)COC(=O)C(C)(C)C(=O)[C@H](C)[C@H]1O[C@@H]1O[C@H](C)C[C@H](N(C)C)[C@H]1O. The van der Waals surface area contributed by atoms with Gasteiger partial charge in [-0.15, -0.1) is 5.10 Å². The Morgan fingerprint density at radius 1 is 1.14 bits per heavy atom. The number of aliphatic hydroxyl groups excluding tert-OH is 1. The number of carbonyl (C=O) groups excluding carboxylic acids is 2. The molecular formula is C36H56N6O7. The first-order chi connectivity index (χ1) is 23.1. The van der Waals surface area contributed by atoms with Crippen LogP contribution in [0.4, 0.5) is 0 Å². The van der Waals surface area contributed by atoms with E-state index in [4.69, 9.17) is 18.9 Å². The van der Waals surface area contributed by atoms with Crippen molar-refractivity contribution in [1.82, 2.24) is 29.8 Å². The molecular weight excluding hydrogens is 628 g/mol. The summed E-state index contributed by atoms with van der Waals surface area (Å²) in [7, 11) is 7.42. The summed E-state index contributed by atoms with van der Waals surface area (Å²) in [6.07, 6.45) is 5.72. The third-order valence-electron chi connectivity index (χ3n) is 10.0. The Kier molecular flexibility index (Phi) is 12.9. The largest absolute Gasteiger partial charge is 0.463 e. The summed E-state index contributed by atoms with van der Waals surface area (Å²) < 4.78 is 26.6. The van der Waals surface area contributed by atoms with E-state index in [-0.39, 0.29) is 36.5 Å². The Morgan fingerprint density at radius 3 is 2.53 bits per heavy atom. The molecule has 49 heavy (non-hydrogen) atoms. The minimum atomic E-state index is -1.48. The van der Waals surface area contributed by atoms with Gasteiger partial charge in [0.2, 0.25) is 0 Å². The number of ketones is 1. The van der Waals surface area contributed by atoms with Crippen LogP contribution in [0.2, 0.25) is 0 Å². The van der Waals surface area contributed by atoms with Gasteiger partial charge in [-0.1, -0.05) is 37.3 Å². The summed E-state index contributed by atoms with van der Waals surface area (Å²) in [5.74, 6) is -1.67. The van der Waals surface area contributed by atoms with Crippen LogP contribution in [0.3, 0.4) is 0 Å². The molecule has 0 bridgehead atoms. The highest BCUT2D eigenvalue weighted by Crippen LogP contribution is 2.38. The van der Waals surface area contributed by atoms with Gasteiger partial charge in [0.1, 0.15) is 23.8 Å². The average Bonchev–Trinajstić information content (AvgIpc) is 3.54. The average molecular weight is 685 g/mol. The van der Waals surface area contributed by atoms with Crippen LogP contribution in [-0.2, 0) is 35.1 Å². The number of esters is 1. The fourth-order valence-electron chi connectivity index (χ4n) is 7.11. The van der Waals surface area contributed by atoms with Crippen LogP contribution in [0.1, 0.15) is 54.4 Å². The second kappa shape index (κ2) is 16.3. The number of ether oxygens (including phenoxy) is 4. The molecule has 4 rings (SSSR count). The number of nitrogens with zero attached hydrogens (tertiary/aromatic N) is 6. The minimum Gasteiger partial charge on any atom is -0.463 e. The molecule has 0 saturated carbocycles. The zero-order chi connectivity index (χ0) is 36.1. The maximum Gasteiger partial charge on any atom is 0.319 e. The van der Waals surface area contributed by atoms with E-state index in [9.17, 15) is 14.7 Å². The van der Waals surface area contributed by atoms with Crippen LogP contribution in [0, 0.1) is 17.3 Å². The number of methoxy groups -OCH3 is 1. The van der Waals surface area contributed by atoms with Gasteiger partial charge in [0.05, 0.1) is 42.3 Å². The van der Waals surface area contributed by atoms with Crippen molar-refractivity contribution in [3.05, 3.63) is 42.7 Å². The number of likely N-dealkylation sites (N-methyl/N-ethyl adjacent to an activating group) is 2. The smallest absolute Gasteiger partial charge is 0.319 e. The van der Waals surface area contributed by atoms with Crippen molar-refractivity contribution in [2.45, 2.75) is 103 Å².